The van der Waals surface area contributed by atoms with E-state index < -0.39 is 43.5 Å². The highest BCUT2D eigenvalue weighted by Gasteiger charge is 2.44. The molecule has 10 nitrogen and oxygen atoms in total. The van der Waals surface area contributed by atoms with Gasteiger partial charge in [-0.25, -0.2) is 13.2 Å². The molecule has 5 N–H and O–H groups in total. The minimum atomic E-state index is -5.47. The number of sulfone groups is 1. The van der Waals surface area contributed by atoms with Gasteiger partial charge in [0.2, 0.25) is 9.84 Å². The number of thioether (sulfide) groups is 1. The Labute approximate surface area is 242 Å². The van der Waals surface area contributed by atoms with Gasteiger partial charge >= 0.3 is 22.3 Å². The summed E-state index contributed by atoms with van der Waals surface area (Å²) in [6.45, 7) is 0. The van der Waals surface area contributed by atoms with Crippen molar-refractivity contribution in [1.29, 1.82) is 5.41 Å². The molecule has 0 spiro atoms. The molecule has 0 bridgehead atoms. The quantitative estimate of drug-likeness (QED) is 0.106. The topological polar surface area (TPSA) is 169 Å². The highest BCUT2D eigenvalue weighted by molar-refractivity contribution is 8.01. The van der Waals surface area contributed by atoms with Gasteiger partial charge in [0.25, 0.3) is 0 Å². The fourth-order valence-electron chi connectivity index (χ4n) is 4.20. The first-order chi connectivity index (χ1) is 19.1. The minimum absolute atomic E-state index is 0.0143. The second-order valence-electron chi connectivity index (χ2n) is 8.85. The molecular formula is C24H23F3N4O6S4. The van der Waals surface area contributed by atoms with Crippen LogP contribution in [0.3, 0.4) is 0 Å². The molecule has 220 valence electrons. The largest absolute Gasteiger partial charge is 0.492 e. The number of alkyl halides is 3. The molecule has 41 heavy (non-hydrogen) atoms. The molecule has 1 aliphatic rings. The van der Waals surface area contributed by atoms with Gasteiger partial charge in [0.05, 0.1) is 36.0 Å². The Morgan fingerprint density at radius 3 is 2.27 bits per heavy atom. The molecule has 2 heterocycles. The lowest BCUT2D eigenvalue weighted by Gasteiger charge is -2.32. The number of anilines is 2. The summed E-state index contributed by atoms with van der Waals surface area (Å²) in [6.07, 6.45) is -4.09. The van der Waals surface area contributed by atoms with Gasteiger partial charge in [-0.1, -0.05) is 24.3 Å². The molecule has 0 saturated heterocycles. The maximum Gasteiger partial charge on any atom is 0.492 e. The average molecular weight is 649 g/mol. The van der Waals surface area contributed by atoms with Crippen LogP contribution >= 0.6 is 23.1 Å². The summed E-state index contributed by atoms with van der Waals surface area (Å²) in [5, 5.41) is 14.2. The number of thiophene rings is 1. The van der Waals surface area contributed by atoms with E-state index in [1.807, 2.05) is 0 Å². The number of nitrogen functional groups attached to an aromatic ring is 1. The molecule has 17 heteroatoms. The van der Waals surface area contributed by atoms with E-state index >= 15 is 0 Å². The second-order valence-corrected chi connectivity index (χ2v) is 14.6. The van der Waals surface area contributed by atoms with Gasteiger partial charge in [-0.05, 0) is 55.0 Å². The van der Waals surface area contributed by atoms with E-state index in [-0.39, 0.29) is 28.5 Å². The average Bonchev–Trinajstić information content (AvgIpc) is 3.51. The molecule has 0 saturated carbocycles. The van der Waals surface area contributed by atoms with Crippen molar-refractivity contribution < 1.29 is 39.0 Å². The highest BCUT2D eigenvalue weighted by atomic mass is 32.2. The number of carbonyl (C=O) groups excluding carboxylic acids is 1. The molecule has 0 unspecified atom stereocenters. The second kappa shape index (κ2) is 11.2. The van der Waals surface area contributed by atoms with Crippen LogP contribution in [0.2, 0.25) is 0 Å². The summed E-state index contributed by atoms with van der Waals surface area (Å²) in [7, 11) is -8.95. The van der Waals surface area contributed by atoms with Gasteiger partial charge < -0.3 is 20.6 Å². The molecule has 3 aromatic rings. The maximum atomic E-state index is 13.7. The third-order valence-corrected chi connectivity index (χ3v) is 11.6. The SMILES string of the molecule is CSc1sc(C(=N)N)cc1S(=O)(=O)c1cccc(C2(CCCS(=O)(=O)OC(=O)C(F)(F)F)Nc3ccccc3N2)c1. The van der Waals surface area contributed by atoms with Crippen molar-refractivity contribution >= 4 is 66.2 Å². The third-order valence-electron chi connectivity index (χ3n) is 6.05. The minimum Gasteiger partial charge on any atom is -0.383 e. The molecule has 1 aliphatic heterocycles. The fourth-order valence-corrected chi connectivity index (χ4v) is 9.01. The van der Waals surface area contributed by atoms with E-state index in [1.165, 1.54) is 36.0 Å². The Hall–Kier alpha value is -3.28. The van der Waals surface area contributed by atoms with Crippen LogP contribution < -0.4 is 16.4 Å². The Balaban J connectivity index is 1.68. The summed E-state index contributed by atoms with van der Waals surface area (Å²) >= 11 is 2.27. The van der Waals surface area contributed by atoms with Crippen LogP contribution in [0.1, 0.15) is 23.3 Å². The number of halogens is 3. The van der Waals surface area contributed by atoms with Crippen LogP contribution in [-0.2, 0) is 34.6 Å². The summed E-state index contributed by atoms with van der Waals surface area (Å²) in [4.78, 5) is 11.2. The van der Waals surface area contributed by atoms with Crippen LogP contribution in [0.15, 0.2) is 68.6 Å². The van der Waals surface area contributed by atoms with Crippen molar-refractivity contribution in [2.45, 2.75) is 38.7 Å². The van der Waals surface area contributed by atoms with E-state index in [4.69, 9.17) is 11.1 Å². The van der Waals surface area contributed by atoms with Crippen LogP contribution in [0.4, 0.5) is 24.5 Å². The van der Waals surface area contributed by atoms with Crippen molar-refractivity contribution in [3.05, 3.63) is 65.0 Å². The van der Waals surface area contributed by atoms with Crippen LogP contribution in [0.5, 0.6) is 0 Å². The molecule has 2 aromatic carbocycles. The highest BCUT2D eigenvalue weighted by Crippen LogP contribution is 2.43. The van der Waals surface area contributed by atoms with Crippen molar-refractivity contribution in [2.24, 2.45) is 5.73 Å². The third kappa shape index (κ3) is 6.47. The smallest absolute Gasteiger partial charge is 0.383 e. The Kier molecular flexibility index (Phi) is 8.37. The number of rotatable bonds is 10. The van der Waals surface area contributed by atoms with Crippen molar-refractivity contribution in [3.8, 4) is 0 Å². The predicted octanol–water partition coefficient (Wildman–Crippen LogP) is 4.49. The lowest BCUT2D eigenvalue weighted by molar-refractivity contribution is -0.189. The van der Waals surface area contributed by atoms with E-state index in [9.17, 15) is 34.8 Å². The molecule has 4 rings (SSSR count). The summed E-state index contributed by atoms with van der Waals surface area (Å²) in [5.41, 5.74) is 5.95. The van der Waals surface area contributed by atoms with E-state index in [1.54, 1.807) is 36.6 Å². The van der Waals surface area contributed by atoms with E-state index in [2.05, 4.69) is 14.8 Å². The summed E-state index contributed by atoms with van der Waals surface area (Å²) in [6, 6.07) is 14.3. The predicted molar refractivity (Wildman–Crippen MR) is 150 cm³/mol. The van der Waals surface area contributed by atoms with E-state index in [0.29, 0.717) is 26.0 Å². The number of nitrogens with two attached hydrogens (primary N) is 1. The molecular weight excluding hydrogens is 626 g/mol. The van der Waals surface area contributed by atoms with E-state index in [0.717, 1.165) is 11.3 Å². The van der Waals surface area contributed by atoms with Gasteiger partial charge in [-0.2, -0.15) is 21.6 Å². The summed E-state index contributed by atoms with van der Waals surface area (Å²) in [5.74, 6) is -4.01. The number of benzene rings is 2. The van der Waals surface area contributed by atoms with Gasteiger partial charge in [0.15, 0.2) is 0 Å². The lowest BCUT2D eigenvalue weighted by atomic mass is 9.95. The zero-order chi connectivity index (χ0) is 30.2. The molecule has 0 atom stereocenters. The molecule has 0 radical (unpaired) electrons. The van der Waals surface area contributed by atoms with Crippen molar-refractivity contribution in [1.82, 2.24) is 0 Å². The number of nitrogens with one attached hydrogen (secondary N) is 3. The van der Waals surface area contributed by atoms with Crippen molar-refractivity contribution in [3.63, 3.8) is 0 Å². The first-order valence-corrected chi connectivity index (χ1v) is 16.7. The summed E-state index contributed by atoms with van der Waals surface area (Å²) < 4.78 is 93.2. The zero-order valence-corrected chi connectivity index (χ0v) is 24.4. The van der Waals surface area contributed by atoms with Crippen LogP contribution in [-0.4, -0.2) is 46.8 Å². The number of amidine groups is 1. The lowest BCUT2D eigenvalue weighted by Crippen LogP contribution is -2.39. The monoisotopic (exact) mass is 648 g/mol. The number of para-hydroxylation sites is 2. The first kappa shape index (κ1) is 30.7. The number of hydrogen-bond acceptors (Lipinski definition) is 11. The van der Waals surface area contributed by atoms with Gasteiger partial charge in [-0.3, -0.25) is 5.41 Å². The Morgan fingerprint density at radius 1 is 1.07 bits per heavy atom. The normalized spacial score (nSPS) is 14.5. The Bertz CT molecular complexity index is 1700. The maximum absolute atomic E-state index is 13.7. The number of hydrogen-bond donors (Lipinski definition) is 4. The Morgan fingerprint density at radius 2 is 1.71 bits per heavy atom. The number of carbonyl (C=O) groups is 1. The molecule has 1 aromatic heterocycles. The van der Waals surface area contributed by atoms with Crippen LogP contribution in [0, 0.1) is 5.41 Å². The van der Waals surface area contributed by atoms with Gasteiger partial charge in [0, 0.05) is 0 Å². The van der Waals surface area contributed by atoms with Crippen molar-refractivity contribution in [2.75, 3.05) is 22.6 Å². The molecule has 0 fully saturated rings. The molecule has 0 aliphatic carbocycles. The standard InChI is InChI=1S/C24H23F3N4O6S4/c1-38-21-19(13-18(39-21)20(28)29)41(35,36)15-7-4-6-14(12-15)23(30-16-8-2-3-9-17(16)31-23)10-5-11-40(33,34)37-22(32)24(25,26)27/h2-4,6-9,12-13,30-31H,5,10-11H2,1H3,(H3,28,29). The van der Waals surface area contributed by atoms with Gasteiger partial charge in [0.1, 0.15) is 11.5 Å². The van der Waals surface area contributed by atoms with Gasteiger partial charge in [-0.15, -0.1) is 23.1 Å². The first-order valence-electron chi connectivity index (χ1n) is 11.6. The number of fused-ring (bicyclic) bond motifs is 1. The van der Waals surface area contributed by atoms with Crippen LogP contribution in [0.25, 0.3) is 0 Å². The fraction of sp³-hybridized carbons (Fsp3) is 0.250. The molecule has 0 amide bonds. The zero-order valence-electron chi connectivity index (χ0n) is 21.1.